The highest BCUT2D eigenvalue weighted by Gasteiger charge is 2.39. The van der Waals surface area contributed by atoms with Crippen molar-refractivity contribution < 1.29 is 22.4 Å². The quantitative estimate of drug-likeness (QED) is 0.290. The van der Waals surface area contributed by atoms with Gasteiger partial charge in [-0.1, -0.05) is 0 Å². The highest BCUT2D eigenvalue weighted by molar-refractivity contribution is 5.82. The third kappa shape index (κ3) is 4.38. The van der Waals surface area contributed by atoms with Gasteiger partial charge in [0.1, 0.15) is 0 Å². The van der Waals surface area contributed by atoms with Crippen LogP contribution in [-0.2, 0) is 4.79 Å². The number of nitrogens with zero attached hydrogens (tertiary/aromatic N) is 1. The number of carbonyl (C=O) groups excluding carboxylic acids is 1. The Balaban J connectivity index is 4.14. The fourth-order valence-electron chi connectivity index (χ4n) is 0.817. The number of hydrogen-bond donors (Lipinski definition) is 2. The molecule has 14 heavy (non-hydrogen) atoms. The van der Waals surface area contributed by atoms with Crippen LogP contribution in [0.2, 0.25) is 0 Å². The van der Waals surface area contributed by atoms with Gasteiger partial charge in [0, 0.05) is 0 Å². The maximum atomic E-state index is 12.7. The number of carbonyl (C=O) groups is 1. The second-order valence-corrected chi connectivity index (χ2v) is 2.77. The van der Waals surface area contributed by atoms with Gasteiger partial charge >= 0.3 is 11.8 Å². The van der Waals surface area contributed by atoms with Crippen LogP contribution in [-0.4, -0.2) is 43.3 Å². The van der Waals surface area contributed by atoms with Gasteiger partial charge < -0.3 is 0 Å². The SMILES string of the molecule is CN(CC(F)F)CC(F)(F)C(=O)NN. The topological polar surface area (TPSA) is 58.4 Å². The number of nitrogens with two attached hydrogens (primary N) is 1. The molecule has 0 rings (SSSR count). The Morgan fingerprint density at radius 2 is 2.07 bits per heavy atom. The summed E-state index contributed by atoms with van der Waals surface area (Å²) in [7, 11) is 1.06. The third-order valence-electron chi connectivity index (χ3n) is 1.38. The number of alkyl halides is 4. The number of nitrogens with one attached hydrogen (secondary N) is 1. The van der Waals surface area contributed by atoms with Crippen molar-refractivity contribution in [3.05, 3.63) is 0 Å². The molecule has 0 aromatic heterocycles. The van der Waals surface area contributed by atoms with Gasteiger partial charge in [-0.25, -0.2) is 14.6 Å². The molecular weight excluding hydrogens is 206 g/mol. The van der Waals surface area contributed by atoms with Gasteiger partial charge in [-0.05, 0) is 7.05 Å². The second kappa shape index (κ2) is 5.11. The van der Waals surface area contributed by atoms with Gasteiger partial charge in [0.15, 0.2) is 0 Å². The van der Waals surface area contributed by atoms with Gasteiger partial charge in [0.05, 0.1) is 13.1 Å². The molecule has 0 saturated carbocycles. The first-order chi connectivity index (χ1) is 6.29. The Kier molecular flexibility index (Phi) is 4.78. The monoisotopic (exact) mass is 217 g/mol. The summed E-state index contributed by atoms with van der Waals surface area (Å²) >= 11 is 0. The number of rotatable bonds is 5. The van der Waals surface area contributed by atoms with Crippen molar-refractivity contribution >= 4 is 5.91 Å². The van der Waals surface area contributed by atoms with Gasteiger partial charge in [0.2, 0.25) is 0 Å². The predicted octanol–water partition coefficient (Wildman–Crippen LogP) is -0.191. The van der Waals surface area contributed by atoms with Gasteiger partial charge in [-0.2, -0.15) is 8.78 Å². The van der Waals surface area contributed by atoms with Crippen LogP contribution in [0.15, 0.2) is 0 Å². The predicted molar refractivity (Wildman–Crippen MR) is 40.8 cm³/mol. The molecule has 0 aliphatic heterocycles. The molecule has 0 radical (unpaired) electrons. The van der Waals surface area contributed by atoms with Crippen LogP contribution in [0.4, 0.5) is 17.6 Å². The minimum absolute atomic E-state index is 0.653. The zero-order chi connectivity index (χ0) is 11.4. The van der Waals surface area contributed by atoms with Crippen LogP contribution < -0.4 is 11.3 Å². The molecule has 0 aromatic rings. The maximum Gasteiger partial charge on any atom is 0.338 e. The lowest BCUT2D eigenvalue weighted by Crippen LogP contribution is -2.50. The molecule has 8 heteroatoms. The van der Waals surface area contributed by atoms with Crippen LogP contribution in [0.1, 0.15) is 0 Å². The molecule has 0 bridgehead atoms. The molecule has 0 fully saturated rings. The summed E-state index contributed by atoms with van der Waals surface area (Å²) in [5.41, 5.74) is 1.26. The minimum atomic E-state index is -3.77. The maximum absolute atomic E-state index is 12.7. The first kappa shape index (κ1) is 13.1. The van der Waals surface area contributed by atoms with Crippen LogP contribution in [0.3, 0.4) is 0 Å². The number of hydrazine groups is 1. The molecule has 0 saturated heterocycles. The Hall–Kier alpha value is -0.890. The highest BCUT2D eigenvalue weighted by atomic mass is 19.3. The first-order valence-corrected chi connectivity index (χ1v) is 3.65. The summed E-state index contributed by atoms with van der Waals surface area (Å²) in [6.45, 7) is -1.92. The van der Waals surface area contributed by atoms with Crippen molar-refractivity contribution in [2.24, 2.45) is 5.84 Å². The second-order valence-electron chi connectivity index (χ2n) is 2.77. The molecule has 0 aliphatic carbocycles. The van der Waals surface area contributed by atoms with Gasteiger partial charge in [0.25, 0.3) is 6.43 Å². The van der Waals surface area contributed by atoms with E-state index in [1.165, 1.54) is 5.43 Å². The summed E-state index contributed by atoms with van der Waals surface area (Å²) in [5, 5.41) is 0. The molecule has 0 unspecified atom stereocenters. The zero-order valence-electron chi connectivity index (χ0n) is 7.44. The van der Waals surface area contributed by atoms with E-state index in [9.17, 15) is 22.4 Å². The fourth-order valence-corrected chi connectivity index (χ4v) is 0.817. The van der Waals surface area contributed by atoms with E-state index < -0.39 is 31.3 Å². The van der Waals surface area contributed by atoms with Gasteiger partial charge in [-0.15, -0.1) is 0 Å². The molecule has 84 valence electrons. The lowest BCUT2D eigenvalue weighted by molar-refractivity contribution is -0.148. The lowest BCUT2D eigenvalue weighted by atomic mass is 10.3. The molecule has 0 heterocycles. The highest BCUT2D eigenvalue weighted by Crippen LogP contribution is 2.14. The van der Waals surface area contributed by atoms with E-state index in [1.807, 2.05) is 0 Å². The average molecular weight is 217 g/mol. The standard InChI is InChI=1S/C6H11F4N3O/c1-13(2-4(7)8)3-6(9,10)5(14)12-11/h4H,2-3,11H2,1H3,(H,12,14). The molecule has 0 aromatic carbocycles. The fraction of sp³-hybridized carbons (Fsp3) is 0.833. The van der Waals surface area contributed by atoms with Crippen molar-refractivity contribution in [1.29, 1.82) is 0 Å². The van der Waals surface area contributed by atoms with Gasteiger partial charge in [-0.3, -0.25) is 15.1 Å². The summed E-state index contributed by atoms with van der Waals surface area (Å²) in [6.07, 6.45) is -2.73. The van der Waals surface area contributed by atoms with Crippen LogP contribution in [0.5, 0.6) is 0 Å². The minimum Gasteiger partial charge on any atom is -0.294 e. The van der Waals surface area contributed by atoms with Crippen LogP contribution >= 0.6 is 0 Å². The Morgan fingerprint density at radius 3 is 2.43 bits per heavy atom. The van der Waals surface area contributed by atoms with Crippen LogP contribution in [0, 0.1) is 0 Å². The molecular formula is C6H11F4N3O. The van der Waals surface area contributed by atoms with E-state index >= 15 is 0 Å². The molecule has 1 amide bonds. The Morgan fingerprint density at radius 1 is 1.57 bits per heavy atom. The van der Waals surface area contributed by atoms with Crippen molar-refractivity contribution in [2.75, 3.05) is 20.1 Å². The Labute approximate surface area is 78.0 Å². The van der Waals surface area contributed by atoms with E-state index in [0.29, 0.717) is 4.90 Å². The average Bonchev–Trinajstić information content (AvgIpc) is 1.99. The largest absolute Gasteiger partial charge is 0.338 e. The number of amides is 1. The Bertz CT molecular complexity index is 200. The summed E-state index contributed by atoms with van der Waals surface area (Å²) in [5.74, 6) is -0.972. The molecule has 4 nitrogen and oxygen atoms in total. The molecule has 0 aliphatic rings. The van der Waals surface area contributed by atoms with E-state index in [2.05, 4.69) is 5.84 Å². The first-order valence-electron chi connectivity index (χ1n) is 3.65. The summed E-state index contributed by atoms with van der Waals surface area (Å²) in [6, 6.07) is 0. The number of hydrogen-bond acceptors (Lipinski definition) is 3. The third-order valence-corrected chi connectivity index (χ3v) is 1.38. The van der Waals surface area contributed by atoms with Crippen molar-refractivity contribution in [2.45, 2.75) is 12.3 Å². The normalized spacial score (nSPS) is 12.3. The van der Waals surface area contributed by atoms with Crippen molar-refractivity contribution in [3.63, 3.8) is 0 Å². The summed E-state index contributed by atoms with van der Waals surface area (Å²) in [4.78, 5) is 11.1. The van der Waals surface area contributed by atoms with Crippen LogP contribution in [0.25, 0.3) is 0 Å². The smallest absolute Gasteiger partial charge is 0.294 e. The van der Waals surface area contributed by atoms with Crippen molar-refractivity contribution in [3.8, 4) is 0 Å². The summed E-state index contributed by atoms with van der Waals surface area (Å²) < 4.78 is 48.9. The van der Waals surface area contributed by atoms with E-state index in [4.69, 9.17) is 0 Å². The number of halogens is 4. The zero-order valence-corrected chi connectivity index (χ0v) is 7.44. The van der Waals surface area contributed by atoms with E-state index in [0.717, 1.165) is 7.05 Å². The van der Waals surface area contributed by atoms with E-state index in [1.54, 1.807) is 0 Å². The van der Waals surface area contributed by atoms with E-state index in [-0.39, 0.29) is 0 Å². The molecule has 0 atom stereocenters. The lowest BCUT2D eigenvalue weighted by Gasteiger charge is -2.21. The molecule has 0 spiro atoms. The molecule has 3 N–H and O–H groups in total. The van der Waals surface area contributed by atoms with Crippen molar-refractivity contribution in [1.82, 2.24) is 10.3 Å².